The van der Waals surface area contributed by atoms with Crippen molar-refractivity contribution in [3.05, 3.63) is 35.5 Å². The van der Waals surface area contributed by atoms with Crippen molar-refractivity contribution >= 4 is 5.78 Å². The number of carbonyl (C=O) groups excluding carboxylic acids is 1. The second-order valence-corrected chi connectivity index (χ2v) is 10.1. The molecule has 144 valence electrons. The van der Waals surface area contributed by atoms with Crippen LogP contribution in [0.1, 0.15) is 45.4 Å². The van der Waals surface area contributed by atoms with Crippen LogP contribution < -0.4 is 0 Å². The van der Waals surface area contributed by atoms with E-state index in [0.29, 0.717) is 53.6 Å². The van der Waals surface area contributed by atoms with Crippen LogP contribution in [0.3, 0.4) is 0 Å². The third kappa shape index (κ3) is 1.88. The summed E-state index contributed by atoms with van der Waals surface area (Å²) in [5.74, 6) is 4.43. The summed E-state index contributed by atoms with van der Waals surface area (Å²) in [4.78, 5) is 12.0. The molecule has 0 aromatic rings. The fourth-order valence-corrected chi connectivity index (χ4v) is 8.54. The summed E-state index contributed by atoms with van der Waals surface area (Å²) in [6, 6.07) is 0. The van der Waals surface area contributed by atoms with Gasteiger partial charge in [-0.25, -0.2) is 0 Å². The molecular formula is C24H30O3. The van der Waals surface area contributed by atoms with Crippen molar-refractivity contribution in [2.45, 2.75) is 51.0 Å². The smallest absolute Gasteiger partial charge is 0.156 e. The number of ketones is 1. The molecule has 0 spiro atoms. The zero-order valence-electron chi connectivity index (χ0n) is 16.1. The maximum absolute atomic E-state index is 12.0. The van der Waals surface area contributed by atoms with E-state index >= 15 is 0 Å². The van der Waals surface area contributed by atoms with Gasteiger partial charge in [-0.2, -0.15) is 0 Å². The molecule has 0 amide bonds. The SMILES string of the molecule is CC[C@]12CCC3C(C1[C@@H]1C[C@@H]1[C@@]2(O)/C=C\CO)[C@H]1C=C1C1=CC(=O)CC[C@@H]13. The van der Waals surface area contributed by atoms with Gasteiger partial charge in [0.1, 0.15) is 0 Å². The lowest BCUT2D eigenvalue weighted by Gasteiger charge is -2.58. The molecule has 0 bridgehead atoms. The molecule has 0 aromatic heterocycles. The average molecular weight is 367 g/mol. The van der Waals surface area contributed by atoms with Crippen molar-refractivity contribution in [3.8, 4) is 0 Å². The highest BCUT2D eigenvalue weighted by molar-refractivity contribution is 5.92. The molecule has 6 rings (SSSR count). The second kappa shape index (κ2) is 5.24. The molecule has 3 nitrogen and oxygen atoms in total. The molecular weight excluding hydrogens is 336 g/mol. The summed E-state index contributed by atoms with van der Waals surface area (Å²) in [5.41, 5.74) is 2.08. The summed E-state index contributed by atoms with van der Waals surface area (Å²) < 4.78 is 0. The molecule has 9 atom stereocenters. The Labute approximate surface area is 161 Å². The maximum atomic E-state index is 12.0. The van der Waals surface area contributed by atoms with E-state index in [0.717, 1.165) is 25.7 Å². The van der Waals surface area contributed by atoms with Crippen LogP contribution in [0.2, 0.25) is 0 Å². The molecule has 0 saturated heterocycles. The minimum Gasteiger partial charge on any atom is -0.392 e. The molecule has 4 fully saturated rings. The van der Waals surface area contributed by atoms with Crippen molar-refractivity contribution in [1.29, 1.82) is 0 Å². The zero-order valence-corrected chi connectivity index (χ0v) is 16.1. The number of fused-ring (bicyclic) bond motifs is 10. The van der Waals surface area contributed by atoms with Crippen LogP contribution in [-0.2, 0) is 4.79 Å². The topological polar surface area (TPSA) is 57.5 Å². The zero-order chi connectivity index (χ0) is 18.6. The lowest BCUT2D eigenvalue weighted by Crippen LogP contribution is -2.56. The summed E-state index contributed by atoms with van der Waals surface area (Å²) in [6.07, 6.45) is 14.3. The monoisotopic (exact) mass is 366 g/mol. The highest BCUT2D eigenvalue weighted by Gasteiger charge is 2.77. The maximum Gasteiger partial charge on any atom is 0.156 e. The van der Waals surface area contributed by atoms with Crippen LogP contribution in [0, 0.1) is 46.8 Å². The van der Waals surface area contributed by atoms with E-state index < -0.39 is 5.60 Å². The summed E-state index contributed by atoms with van der Waals surface area (Å²) in [5, 5.41) is 21.2. The standard InChI is InChI=1S/C24H30O3/c1-2-23-8-6-15-14-5-4-13(26)10-16(14)17-11-18(17)21(15)22(23)19-12-20(19)24(23,27)7-3-9-25/h3,7,10-11,14-15,18-22,25,27H,2,4-6,8-9,12H2,1H3/b7-3-/t14-,15?,18+,19-,20+,21?,22?,23+,24+/m1/s1. The Hall–Kier alpha value is -1.19. The van der Waals surface area contributed by atoms with Gasteiger partial charge in [0, 0.05) is 17.8 Å². The van der Waals surface area contributed by atoms with E-state index in [2.05, 4.69) is 13.0 Å². The molecule has 0 aromatic carbocycles. The van der Waals surface area contributed by atoms with E-state index in [9.17, 15) is 15.0 Å². The number of carbonyl (C=O) groups is 1. The van der Waals surface area contributed by atoms with Gasteiger partial charge in [-0.15, -0.1) is 0 Å². The first-order chi connectivity index (χ1) is 13.1. The van der Waals surface area contributed by atoms with Gasteiger partial charge in [0.15, 0.2) is 5.78 Å². The van der Waals surface area contributed by atoms with Gasteiger partial charge >= 0.3 is 0 Å². The van der Waals surface area contributed by atoms with Gasteiger partial charge in [0.25, 0.3) is 0 Å². The average Bonchev–Trinajstić information content (AvgIpc) is 3.58. The van der Waals surface area contributed by atoms with E-state index in [4.69, 9.17) is 0 Å². The van der Waals surface area contributed by atoms with Crippen LogP contribution >= 0.6 is 0 Å². The van der Waals surface area contributed by atoms with Crippen LogP contribution in [0.5, 0.6) is 0 Å². The fraction of sp³-hybridized carbons (Fsp3) is 0.708. The van der Waals surface area contributed by atoms with E-state index in [1.807, 2.05) is 12.2 Å². The highest BCUT2D eigenvalue weighted by Crippen LogP contribution is 2.79. The first-order valence-corrected chi connectivity index (χ1v) is 11.0. The van der Waals surface area contributed by atoms with Crippen LogP contribution in [0.15, 0.2) is 35.5 Å². The van der Waals surface area contributed by atoms with Crippen molar-refractivity contribution in [2.75, 3.05) is 6.61 Å². The van der Waals surface area contributed by atoms with Gasteiger partial charge in [0.2, 0.25) is 0 Å². The molecule has 0 heterocycles. The minimum absolute atomic E-state index is 0.00873. The first kappa shape index (κ1) is 16.7. The predicted molar refractivity (Wildman–Crippen MR) is 103 cm³/mol. The Morgan fingerprint density at radius 3 is 2.89 bits per heavy atom. The third-order valence-electron chi connectivity index (χ3n) is 9.53. The molecule has 4 saturated carbocycles. The largest absolute Gasteiger partial charge is 0.392 e. The fourth-order valence-electron chi connectivity index (χ4n) is 8.54. The number of aliphatic hydroxyl groups excluding tert-OH is 1. The molecule has 3 unspecified atom stereocenters. The quantitative estimate of drug-likeness (QED) is 0.753. The summed E-state index contributed by atoms with van der Waals surface area (Å²) >= 11 is 0. The van der Waals surface area contributed by atoms with Gasteiger partial charge in [-0.1, -0.05) is 25.2 Å². The van der Waals surface area contributed by atoms with Crippen LogP contribution in [0.25, 0.3) is 0 Å². The molecule has 0 radical (unpaired) electrons. The molecule has 6 aliphatic carbocycles. The lowest BCUT2D eigenvalue weighted by molar-refractivity contribution is -0.127. The number of rotatable bonds is 3. The minimum atomic E-state index is -0.738. The second-order valence-electron chi connectivity index (χ2n) is 10.1. The Kier molecular flexibility index (Phi) is 3.25. The van der Waals surface area contributed by atoms with Crippen molar-refractivity contribution < 1.29 is 15.0 Å². The molecule has 6 aliphatic rings. The van der Waals surface area contributed by atoms with E-state index in [1.165, 1.54) is 17.6 Å². The molecule has 0 aliphatic heterocycles. The van der Waals surface area contributed by atoms with Gasteiger partial charge in [-0.05, 0) is 84.8 Å². The Morgan fingerprint density at radius 2 is 2.11 bits per heavy atom. The van der Waals surface area contributed by atoms with E-state index in [1.54, 1.807) is 6.08 Å². The van der Waals surface area contributed by atoms with Gasteiger partial charge in [0.05, 0.1) is 12.2 Å². The Bertz CT molecular complexity index is 806. The molecule has 3 heteroatoms. The van der Waals surface area contributed by atoms with Crippen molar-refractivity contribution in [2.24, 2.45) is 46.8 Å². The molecule has 2 N–H and O–H groups in total. The number of hydrogen-bond acceptors (Lipinski definition) is 3. The van der Waals surface area contributed by atoms with Crippen LogP contribution in [-0.4, -0.2) is 28.2 Å². The van der Waals surface area contributed by atoms with Crippen molar-refractivity contribution in [1.82, 2.24) is 0 Å². The highest BCUT2D eigenvalue weighted by atomic mass is 16.3. The van der Waals surface area contributed by atoms with Crippen molar-refractivity contribution in [3.63, 3.8) is 0 Å². The van der Waals surface area contributed by atoms with Gasteiger partial charge in [-0.3, -0.25) is 4.79 Å². The van der Waals surface area contributed by atoms with Crippen LogP contribution in [0.4, 0.5) is 0 Å². The molecule has 27 heavy (non-hydrogen) atoms. The van der Waals surface area contributed by atoms with Gasteiger partial charge < -0.3 is 10.2 Å². The number of allylic oxidation sites excluding steroid dienone is 3. The van der Waals surface area contributed by atoms with E-state index in [-0.39, 0.29) is 12.0 Å². The third-order valence-corrected chi connectivity index (χ3v) is 9.53. The lowest BCUT2D eigenvalue weighted by atomic mass is 9.47. The first-order valence-electron chi connectivity index (χ1n) is 11.0. The normalized spacial score (nSPS) is 54.3. The predicted octanol–water partition coefficient (Wildman–Crippen LogP) is 3.43. The number of aliphatic hydroxyl groups is 2. The number of hydrogen-bond donors (Lipinski definition) is 2. The Balaban J connectivity index is 1.42. The Morgan fingerprint density at radius 1 is 1.26 bits per heavy atom. The summed E-state index contributed by atoms with van der Waals surface area (Å²) in [6.45, 7) is 2.28. The summed E-state index contributed by atoms with van der Waals surface area (Å²) in [7, 11) is 0.